The van der Waals surface area contributed by atoms with Gasteiger partial charge in [-0.1, -0.05) is 30.0 Å². The number of rotatable bonds is 9. The number of carbonyl (C=O) groups is 2. The van der Waals surface area contributed by atoms with Crippen LogP contribution in [0, 0.1) is 6.92 Å². The summed E-state index contributed by atoms with van der Waals surface area (Å²) in [6, 6.07) is 18.6. The van der Waals surface area contributed by atoms with Crippen molar-refractivity contribution in [3.8, 4) is 17.1 Å². The number of thioether (sulfide) groups is 1. The molecule has 4 aromatic rings. The SMILES string of the molecule is CCN(CC)C(=O)c1ccc(NC(=O)CSc2nnc(-c3ccoc3C)n2-c2ccccc2)cc1. The molecule has 4 rings (SSSR count). The summed E-state index contributed by atoms with van der Waals surface area (Å²) < 4.78 is 7.38. The van der Waals surface area contributed by atoms with Crippen molar-refractivity contribution in [2.24, 2.45) is 0 Å². The van der Waals surface area contributed by atoms with Crippen molar-refractivity contribution in [3.05, 3.63) is 78.3 Å². The molecule has 0 radical (unpaired) electrons. The van der Waals surface area contributed by atoms with Gasteiger partial charge in [0.1, 0.15) is 5.76 Å². The third-order valence-electron chi connectivity index (χ3n) is 5.55. The minimum absolute atomic E-state index is 0.0210. The Morgan fingerprint density at radius 2 is 1.71 bits per heavy atom. The Morgan fingerprint density at radius 3 is 2.34 bits per heavy atom. The van der Waals surface area contributed by atoms with Crippen LogP contribution in [0.5, 0.6) is 0 Å². The number of aryl methyl sites for hydroxylation is 1. The van der Waals surface area contributed by atoms with Gasteiger partial charge in [0, 0.05) is 30.0 Å². The van der Waals surface area contributed by atoms with Gasteiger partial charge in [0.05, 0.1) is 17.6 Å². The van der Waals surface area contributed by atoms with E-state index in [0.717, 1.165) is 17.0 Å². The number of hydrogen-bond donors (Lipinski definition) is 1. The number of para-hydroxylation sites is 1. The summed E-state index contributed by atoms with van der Waals surface area (Å²) in [6.45, 7) is 7.08. The quantitative estimate of drug-likeness (QED) is 0.331. The first-order valence-corrected chi connectivity index (χ1v) is 12.4. The Morgan fingerprint density at radius 1 is 1.00 bits per heavy atom. The fourth-order valence-electron chi connectivity index (χ4n) is 3.68. The molecule has 2 heterocycles. The maximum atomic E-state index is 12.7. The second-order valence-corrected chi connectivity index (χ2v) is 8.70. The molecular weight excluding hydrogens is 462 g/mol. The molecule has 8 nitrogen and oxygen atoms in total. The molecule has 9 heteroatoms. The highest BCUT2D eigenvalue weighted by Crippen LogP contribution is 2.30. The normalized spacial score (nSPS) is 10.8. The van der Waals surface area contributed by atoms with Crippen LogP contribution in [0.15, 0.2) is 76.5 Å². The summed E-state index contributed by atoms with van der Waals surface area (Å²) in [7, 11) is 0. The van der Waals surface area contributed by atoms with Crippen LogP contribution in [-0.4, -0.2) is 50.3 Å². The Bertz CT molecular complexity index is 1290. The zero-order valence-electron chi connectivity index (χ0n) is 19.9. The number of benzene rings is 2. The average molecular weight is 490 g/mol. The highest BCUT2D eigenvalue weighted by atomic mass is 32.2. The number of nitrogens with one attached hydrogen (secondary N) is 1. The standard InChI is InChI=1S/C26H27N5O3S/c1-4-30(5-2)25(33)19-11-13-20(14-12-19)27-23(32)17-35-26-29-28-24(22-15-16-34-18(22)3)31(26)21-9-7-6-8-10-21/h6-16H,4-5,17H2,1-3H3,(H,27,32). The van der Waals surface area contributed by atoms with Crippen LogP contribution < -0.4 is 5.32 Å². The van der Waals surface area contributed by atoms with E-state index in [0.29, 0.717) is 35.3 Å². The summed E-state index contributed by atoms with van der Waals surface area (Å²) in [6.07, 6.45) is 1.62. The highest BCUT2D eigenvalue weighted by molar-refractivity contribution is 7.99. The second-order valence-electron chi connectivity index (χ2n) is 7.76. The maximum Gasteiger partial charge on any atom is 0.253 e. The molecule has 0 bridgehead atoms. The molecule has 2 aromatic carbocycles. The van der Waals surface area contributed by atoms with Gasteiger partial charge in [-0.2, -0.15) is 0 Å². The van der Waals surface area contributed by atoms with Crippen LogP contribution in [-0.2, 0) is 4.79 Å². The second kappa shape index (κ2) is 11.1. The highest BCUT2D eigenvalue weighted by Gasteiger charge is 2.20. The number of anilines is 1. The van der Waals surface area contributed by atoms with Gasteiger partial charge < -0.3 is 14.6 Å². The van der Waals surface area contributed by atoms with Crippen molar-refractivity contribution in [2.75, 3.05) is 24.2 Å². The summed E-state index contributed by atoms with van der Waals surface area (Å²) in [4.78, 5) is 26.9. The van der Waals surface area contributed by atoms with Crippen LogP contribution >= 0.6 is 11.8 Å². The first-order valence-electron chi connectivity index (χ1n) is 11.4. The lowest BCUT2D eigenvalue weighted by Gasteiger charge is -2.18. The van der Waals surface area contributed by atoms with Crippen molar-refractivity contribution in [3.63, 3.8) is 0 Å². The van der Waals surface area contributed by atoms with Gasteiger partial charge in [0.25, 0.3) is 5.91 Å². The molecule has 0 saturated heterocycles. The molecule has 0 atom stereocenters. The maximum absolute atomic E-state index is 12.7. The minimum atomic E-state index is -0.179. The molecule has 1 N–H and O–H groups in total. The van der Waals surface area contributed by atoms with Crippen LogP contribution in [0.25, 0.3) is 17.1 Å². The van der Waals surface area contributed by atoms with E-state index >= 15 is 0 Å². The van der Waals surface area contributed by atoms with Crippen LogP contribution in [0.1, 0.15) is 30.0 Å². The number of nitrogens with zero attached hydrogens (tertiary/aromatic N) is 4. The van der Waals surface area contributed by atoms with E-state index < -0.39 is 0 Å². The third kappa shape index (κ3) is 5.46. The van der Waals surface area contributed by atoms with Gasteiger partial charge in [-0.15, -0.1) is 10.2 Å². The van der Waals surface area contributed by atoms with Crippen molar-refractivity contribution in [2.45, 2.75) is 25.9 Å². The molecule has 0 fully saturated rings. The van der Waals surface area contributed by atoms with E-state index in [4.69, 9.17) is 4.42 Å². The lowest BCUT2D eigenvalue weighted by molar-refractivity contribution is -0.113. The van der Waals surface area contributed by atoms with E-state index in [1.54, 1.807) is 35.4 Å². The first kappa shape index (κ1) is 24.3. The number of hydrogen-bond acceptors (Lipinski definition) is 6. The first-order chi connectivity index (χ1) is 17.0. The molecule has 180 valence electrons. The topological polar surface area (TPSA) is 93.3 Å². The monoisotopic (exact) mass is 489 g/mol. The predicted molar refractivity (Wildman–Crippen MR) is 137 cm³/mol. The van der Waals surface area contributed by atoms with Crippen LogP contribution in [0.4, 0.5) is 5.69 Å². The van der Waals surface area contributed by atoms with E-state index in [1.807, 2.05) is 61.7 Å². The van der Waals surface area contributed by atoms with E-state index in [1.165, 1.54) is 11.8 Å². The Labute approximate surface area is 208 Å². The molecule has 0 unspecified atom stereocenters. The molecule has 0 aliphatic heterocycles. The Balaban J connectivity index is 1.46. The van der Waals surface area contributed by atoms with Gasteiger partial charge in [0.2, 0.25) is 5.91 Å². The summed E-state index contributed by atoms with van der Waals surface area (Å²) >= 11 is 1.30. The Hall–Kier alpha value is -3.85. The number of furan rings is 1. The lowest BCUT2D eigenvalue weighted by Crippen LogP contribution is -2.30. The molecule has 2 aromatic heterocycles. The van der Waals surface area contributed by atoms with E-state index in [2.05, 4.69) is 15.5 Å². The predicted octanol–water partition coefficient (Wildman–Crippen LogP) is 5.05. The molecule has 0 spiro atoms. The van der Waals surface area contributed by atoms with Gasteiger partial charge in [-0.25, -0.2) is 0 Å². The summed E-state index contributed by atoms with van der Waals surface area (Å²) in [5.74, 6) is 1.34. The van der Waals surface area contributed by atoms with Gasteiger partial charge in [0.15, 0.2) is 11.0 Å². The van der Waals surface area contributed by atoms with E-state index in [9.17, 15) is 9.59 Å². The summed E-state index contributed by atoms with van der Waals surface area (Å²) in [5.41, 5.74) is 2.96. The van der Waals surface area contributed by atoms with Crippen molar-refractivity contribution < 1.29 is 14.0 Å². The number of aromatic nitrogens is 3. The Kier molecular flexibility index (Phi) is 7.67. The third-order valence-corrected chi connectivity index (χ3v) is 6.48. The zero-order chi connectivity index (χ0) is 24.8. The molecule has 0 aliphatic rings. The van der Waals surface area contributed by atoms with Crippen molar-refractivity contribution in [1.82, 2.24) is 19.7 Å². The van der Waals surface area contributed by atoms with Crippen LogP contribution in [0.3, 0.4) is 0 Å². The van der Waals surface area contributed by atoms with E-state index in [-0.39, 0.29) is 17.6 Å². The molecule has 35 heavy (non-hydrogen) atoms. The molecular formula is C26H27N5O3S. The minimum Gasteiger partial charge on any atom is -0.469 e. The van der Waals surface area contributed by atoms with Crippen LogP contribution in [0.2, 0.25) is 0 Å². The molecule has 0 saturated carbocycles. The van der Waals surface area contributed by atoms with Crippen molar-refractivity contribution >= 4 is 29.3 Å². The number of carbonyl (C=O) groups excluding carboxylic acids is 2. The average Bonchev–Trinajstić information content (AvgIpc) is 3.50. The fourth-order valence-corrected chi connectivity index (χ4v) is 4.43. The smallest absolute Gasteiger partial charge is 0.253 e. The molecule has 0 aliphatic carbocycles. The van der Waals surface area contributed by atoms with Gasteiger partial charge >= 0.3 is 0 Å². The molecule has 2 amide bonds. The van der Waals surface area contributed by atoms with Gasteiger partial charge in [-0.05, 0) is 63.2 Å². The zero-order valence-corrected chi connectivity index (χ0v) is 20.7. The lowest BCUT2D eigenvalue weighted by atomic mass is 10.2. The largest absolute Gasteiger partial charge is 0.469 e. The van der Waals surface area contributed by atoms with Gasteiger partial charge in [-0.3, -0.25) is 14.2 Å². The summed E-state index contributed by atoms with van der Waals surface area (Å²) in [5, 5.41) is 12.2. The number of amides is 2. The fraction of sp³-hybridized carbons (Fsp3) is 0.231. The van der Waals surface area contributed by atoms with Crippen molar-refractivity contribution in [1.29, 1.82) is 0 Å².